The summed E-state index contributed by atoms with van der Waals surface area (Å²) in [5, 5.41) is 1.81. The van der Waals surface area contributed by atoms with Crippen LogP contribution >= 0.6 is 0 Å². The van der Waals surface area contributed by atoms with Crippen LogP contribution in [0.5, 0.6) is 5.75 Å². The molecule has 1 aromatic rings. The summed E-state index contributed by atoms with van der Waals surface area (Å²) in [6.45, 7) is -0.0771. The van der Waals surface area contributed by atoms with E-state index < -0.39 is 0 Å². The van der Waals surface area contributed by atoms with E-state index in [1.807, 2.05) is 5.11 Å². The minimum absolute atomic E-state index is 0.0771. The molecule has 4 heteroatoms. The van der Waals surface area contributed by atoms with Crippen LogP contribution < -0.4 is 9.85 Å². The summed E-state index contributed by atoms with van der Waals surface area (Å²) in [6, 6.07) is 6.70. The fraction of sp³-hybridized carbons (Fsp3) is 0.222. The molecule has 0 radical (unpaired) electrons. The van der Waals surface area contributed by atoms with Crippen molar-refractivity contribution in [3.8, 4) is 5.75 Å². The van der Waals surface area contributed by atoms with Crippen molar-refractivity contribution in [1.29, 1.82) is 0 Å². The van der Waals surface area contributed by atoms with E-state index in [9.17, 15) is 4.79 Å². The Bertz CT molecular complexity index is 306. The van der Waals surface area contributed by atoms with E-state index in [-0.39, 0.29) is 12.3 Å². The number of nitrogens with one attached hydrogen (secondary N) is 1. The van der Waals surface area contributed by atoms with Gasteiger partial charge in [0.1, 0.15) is 5.75 Å². The third kappa shape index (κ3) is 2.37. The lowest BCUT2D eigenvalue weighted by Crippen LogP contribution is -2.65. The lowest BCUT2D eigenvalue weighted by atomic mass is 10.1. The first-order valence-electron chi connectivity index (χ1n) is 3.82. The molecule has 1 rings (SSSR count). The molecule has 1 N–H and O–H groups in total. The Morgan fingerprint density at radius 2 is 2.08 bits per heavy atom. The molecule has 0 saturated carbocycles. The number of nitrogens with zero attached hydrogens (tertiary/aromatic N) is 1. The molecule has 0 amide bonds. The summed E-state index contributed by atoms with van der Waals surface area (Å²) < 4.78 is 4.93. The van der Waals surface area contributed by atoms with Gasteiger partial charge in [-0.15, -0.1) is 0 Å². The summed E-state index contributed by atoms with van der Waals surface area (Å²) in [5.41, 5.74) is 8.85. The van der Waals surface area contributed by atoms with Crippen molar-refractivity contribution in [1.82, 2.24) is 0 Å². The third-order valence-electron chi connectivity index (χ3n) is 1.65. The summed E-state index contributed by atoms with van der Waals surface area (Å²) in [6.07, 6.45) is 0. The number of ketones is 1. The van der Waals surface area contributed by atoms with Crippen LogP contribution in [-0.2, 0) is 0 Å². The number of hydrogen-bond donors (Lipinski definition) is 1. The number of carbonyl (C=O) groups is 1. The van der Waals surface area contributed by atoms with Crippen LogP contribution in [0.2, 0.25) is 0 Å². The predicted octanol–water partition coefficient (Wildman–Crippen LogP) is -0.0199. The molecule has 0 fully saturated rings. The van der Waals surface area contributed by atoms with Gasteiger partial charge in [0, 0.05) is 5.56 Å². The van der Waals surface area contributed by atoms with E-state index in [1.54, 1.807) is 31.4 Å². The fourth-order valence-electron chi connectivity index (χ4n) is 0.951. The molecule has 0 atom stereocenters. The molecule has 0 unspecified atom stereocenters. The second-order valence-corrected chi connectivity index (χ2v) is 2.49. The average molecular weight is 178 g/mol. The van der Waals surface area contributed by atoms with Gasteiger partial charge < -0.3 is 15.4 Å². The van der Waals surface area contributed by atoms with Gasteiger partial charge in [0.05, 0.1) is 7.11 Å². The fourth-order valence-corrected chi connectivity index (χ4v) is 0.951. The average Bonchev–Trinajstić information content (AvgIpc) is 2.18. The van der Waals surface area contributed by atoms with Crippen molar-refractivity contribution in [2.75, 3.05) is 13.7 Å². The van der Waals surface area contributed by atoms with E-state index in [4.69, 9.17) is 10.3 Å². The van der Waals surface area contributed by atoms with Gasteiger partial charge in [-0.3, -0.25) is 4.79 Å². The molecule has 0 aliphatic carbocycles. The van der Waals surface area contributed by atoms with Crippen molar-refractivity contribution in [3.05, 3.63) is 35.4 Å². The van der Waals surface area contributed by atoms with E-state index in [2.05, 4.69) is 0 Å². The quantitative estimate of drug-likeness (QED) is 0.520. The van der Waals surface area contributed by atoms with Crippen molar-refractivity contribution in [3.63, 3.8) is 0 Å². The smallest absolute Gasteiger partial charge is 0.226 e. The molecule has 0 aliphatic rings. The van der Waals surface area contributed by atoms with Gasteiger partial charge in [-0.05, 0) is 24.3 Å². The van der Waals surface area contributed by atoms with Crippen LogP contribution in [0, 0.1) is 0 Å². The molecule has 68 valence electrons. The van der Waals surface area contributed by atoms with Crippen LogP contribution in [-0.4, -0.2) is 19.4 Å². The van der Waals surface area contributed by atoms with Gasteiger partial charge >= 0.3 is 0 Å². The summed E-state index contributed by atoms with van der Waals surface area (Å²) in [7, 11) is 1.56. The van der Waals surface area contributed by atoms with Crippen LogP contribution in [0.1, 0.15) is 10.4 Å². The van der Waals surface area contributed by atoms with Crippen molar-refractivity contribution >= 4 is 5.78 Å². The van der Waals surface area contributed by atoms with Crippen LogP contribution in [0.25, 0.3) is 5.53 Å². The molecule has 0 saturated heterocycles. The van der Waals surface area contributed by atoms with Crippen LogP contribution in [0.4, 0.5) is 0 Å². The Labute approximate surface area is 76.0 Å². The second kappa shape index (κ2) is 4.35. The van der Waals surface area contributed by atoms with Gasteiger partial charge in [-0.25, -0.2) is 0 Å². The number of carbonyl (C=O) groups excluding carboxylic acids is 1. The highest BCUT2D eigenvalue weighted by atomic mass is 16.5. The first-order chi connectivity index (χ1) is 6.27. The SMILES string of the molecule is COc1ccc(C(=O)C[NH+]=[N-])cc1. The Hall–Kier alpha value is -1.71. The Kier molecular flexibility index (Phi) is 3.14. The van der Waals surface area contributed by atoms with E-state index in [1.165, 1.54) is 0 Å². The van der Waals surface area contributed by atoms with Crippen molar-refractivity contribution in [2.45, 2.75) is 0 Å². The minimum Gasteiger partial charge on any atom is -0.508 e. The van der Waals surface area contributed by atoms with Gasteiger partial charge in [-0.1, -0.05) is 0 Å². The number of ether oxygens (including phenoxy) is 1. The minimum atomic E-state index is -0.162. The molecule has 1 aromatic carbocycles. The number of benzene rings is 1. The van der Waals surface area contributed by atoms with Crippen molar-refractivity contribution in [2.24, 2.45) is 0 Å². The van der Waals surface area contributed by atoms with E-state index >= 15 is 0 Å². The maximum absolute atomic E-state index is 11.2. The largest absolute Gasteiger partial charge is 0.508 e. The van der Waals surface area contributed by atoms with Gasteiger partial charge in [0.2, 0.25) is 5.78 Å². The molecule has 4 nitrogen and oxygen atoms in total. The molecule has 13 heavy (non-hydrogen) atoms. The Morgan fingerprint density at radius 3 is 2.54 bits per heavy atom. The van der Waals surface area contributed by atoms with Crippen molar-refractivity contribution < 1.29 is 14.6 Å². The lowest BCUT2D eigenvalue weighted by Gasteiger charge is -1.99. The number of methoxy groups -OCH3 is 1. The molecule has 0 heterocycles. The summed E-state index contributed by atoms with van der Waals surface area (Å²) in [5.74, 6) is 0.540. The van der Waals surface area contributed by atoms with E-state index in [0.717, 1.165) is 0 Å². The van der Waals surface area contributed by atoms with Gasteiger partial charge in [0.25, 0.3) is 0 Å². The maximum atomic E-state index is 11.2. The van der Waals surface area contributed by atoms with Crippen LogP contribution in [0.15, 0.2) is 24.3 Å². The first-order valence-corrected chi connectivity index (χ1v) is 3.82. The zero-order valence-corrected chi connectivity index (χ0v) is 7.28. The molecule has 0 aliphatic heterocycles. The highest BCUT2D eigenvalue weighted by Crippen LogP contribution is 2.10. The molecule has 0 spiro atoms. The zero-order chi connectivity index (χ0) is 9.68. The topological polar surface area (TPSA) is 62.6 Å². The molecular formula is C9H10N2O2. The Balaban J connectivity index is 2.79. The lowest BCUT2D eigenvalue weighted by molar-refractivity contribution is -0.465. The summed E-state index contributed by atoms with van der Waals surface area (Å²) >= 11 is 0. The standard InChI is InChI=1S/C9H10N2O2/c1-13-8-4-2-7(3-5-8)9(12)6-11-10/h2-5,11H,6H2,1H3. The third-order valence-corrected chi connectivity index (χ3v) is 1.65. The van der Waals surface area contributed by atoms with E-state index in [0.29, 0.717) is 11.3 Å². The number of rotatable bonds is 4. The van der Waals surface area contributed by atoms with Gasteiger partial charge in [-0.2, -0.15) is 0 Å². The molecule has 0 bridgehead atoms. The molecule has 0 aromatic heterocycles. The summed E-state index contributed by atoms with van der Waals surface area (Å²) in [4.78, 5) is 11.2. The zero-order valence-electron chi connectivity index (χ0n) is 7.28. The highest BCUT2D eigenvalue weighted by Gasteiger charge is 2.05. The number of hydrogen-bond acceptors (Lipinski definition) is 2. The monoisotopic (exact) mass is 178 g/mol. The van der Waals surface area contributed by atoms with Crippen LogP contribution in [0.3, 0.4) is 0 Å². The second-order valence-electron chi connectivity index (χ2n) is 2.49. The maximum Gasteiger partial charge on any atom is 0.226 e. The first kappa shape index (κ1) is 9.38. The predicted molar refractivity (Wildman–Crippen MR) is 46.5 cm³/mol. The number of Topliss-reactive ketones (excluding diaryl/α,β-unsaturated/α-hetero) is 1. The normalized spacial score (nSPS) is 9.31. The molecular weight excluding hydrogens is 168 g/mol. The van der Waals surface area contributed by atoms with Gasteiger partial charge in [0.15, 0.2) is 6.54 Å². The Morgan fingerprint density at radius 1 is 1.46 bits per heavy atom. The highest BCUT2D eigenvalue weighted by molar-refractivity contribution is 5.96.